The van der Waals surface area contributed by atoms with Crippen LogP contribution in [0.5, 0.6) is 5.75 Å². The largest absolute Gasteiger partial charge is 0.497 e. The minimum atomic E-state index is 0.462. The first-order valence-electron chi connectivity index (χ1n) is 10.2. The first-order valence-corrected chi connectivity index (χ1v) is 11.8. The molecule has 1 fully saturated rings. The standard InChI is InChI=1S/C22H21BrN6O2S/c1-30-15-3-5-20-18(11-15)26-21(32-20)13-24-22-27-19(12-25-28-22)16-4-2-14(10-17(16)23)29-6-8-31-9-7-29/h2-5,10-12H,6-9,13H2,1H3,(H,24,27,28). The van der Waals surface area contributed by atoms with Crippen LogP contribution in [0.25, 0.3) is 21.5 Å². The summed E-state index contributed by atoms with van der Waals surface area (Å²) in [7, 11) is 1.65. The summed E-state index contributed by atoms with van der Waals surface area (Å²) in [5, 5.41) is 12.4. The van der Waals surface area contributed by atoms with Crippen molar-refractivity contribution in [3.63, 3.8) is 0 Å². The Morgan fingerprint density at radius 2 is 2.03 bits per heavy atom. The molecule has 0 radical (unpaired) electrons. The van der Waals surface area contributed by atoms with Crippen LogP contribution >= 0.6 is 27.3 Å². The molecule has 10 heteroatoms. The summed E-state index contributed by atoms with van der Waals surface area (Å²) in [6, 6.07) is 12.2. The fourth-order valence-corrected chi connectivity index (χ4v) is 5.01. The van der Waals surface area contributed by atoms with E-state index in [0.29, 0.717) is 12.5 Å². The van der Waals surface area contributed by atoms with E-state index in [1.54, 1.807) is 24.6 Å². The Kier molecular flexibility index (Phi) is 6.15. The Hall–Kier alpha value is -2.82. The Labute approximate surface area is 197 Å². The number of methoxy groups -OCH3 is 1. The lowest BCUT2D eigenvalue weighted by atomic mass is 10.1. The first-order chi connectivity index (χ1) is 15.7. The molecule has 2 aromatic heterocycles. The third kappa shape index (κ3) is 4.52. The topological polar surface area (TPSA) is 85.3 Å². The lowest BCUT2D eigenvalue weighted by molar-refractivity contribution is 0.122. The molecule has 5 rings (SSSR count). The van der Waals surface area contributed by atoms with Gasteiger partial charge in [0, 0.05) is 34.9 Å². The Morgan fingerprint density at radius 1 is 1.16 bits per heavy atom. The zero-order valence-electron chi connectivity index (χ0n) is 17.4. The van der Waals surface area contributed by atoms with E-state index in [2.05, 4.69) is 64.5 Å². The lowest BCUT2D eigenvalue weighted by Crippen LogP contribution is -2.36. The van der Waals surface area contributed by atoms with E-state index in [-0.39, 0.29) is 0 Å². The highest BCUT2D eigenvalue weighted by Crippen LogP contribution is 2.31. The minimum Gasteiger partial charge on any atom is -0.497 e. The second-order valence-electron chi connectivity index (χ2n) is 7.22. The van der Waals surface area contributed by atoms with Gasteiger partial charge in [0.05, 0.1) is 49.0 Å². The number of benzene rings is 2. The van der Waals surface area contributed by atoms with Crippen LogP contribution in [-0.2, 0) is 11.3 Å². The number of hydrogen-bond acceptors (Lipinski definition) is 9. The number of rotatable bonds is 6. The van der Waals surface area contributed by atoms with Crippen molar-refractivity contribution in [2.75, 3.05) is 43.6 Å². The Balaban J connectivity index is 1.31. The summed E-state index contributed by atoms with van der Waals surface area (Å²) in [6.45, 7) is 3.82. The second kappa shape index (κ2) is 9.35. The van der Waals surface area contributed by atoms with Gasteiger partial charge in [0.2, 0.25) is 5.95 Å². The highest BCUT2D eigenvalue weighted by molar-refractivity contribution is 9.10. The molecule has 32 heavy (non-hydrogen) atoms. The second-order valence-corrected chi connectivity index (χ2v) is 9.19. The van der Waals surface area contributed by atoms with E-state index in [4.69, 9.17) is 9.47 Å². The van der Waals surface area contributed by atoms with Crippen molar-refractivity contribution in [1.29, 1.82) is 0 Å². The molecule has 0 bridgehead atoms. The highest BCUT2D eigenvalue weighted by atomic mass is 79.9. The fraction of sp³-hybridized carbons (Fsp3) is 0.273. The molecule has 8 nitrogen and oxygen atoms in total. The third-order valence-electron chi connectivity index (χ3n) is 5.20. The first kappa shape index (κ1) is 21.0. The summed E-state index contributed by atoms with van der Waals surface area (Å²) < 4.78 is 12.8. The van der Waals surface area contributed by atoms with E-state index < -0.39 is 0 Å². The summed E-state index contributed by atoms with van der Waals surface area (Å²) in [5.41, 5.74) is 3.80. The SMILES string of the molecule is COc1ccc2sc(CNc3nncc(-c4ccc(N5CCOCC5)cc4Br)n3)nc2c1. The molecule has 0 aliphatic carbocycles. The van der Waals surface area contributed by atoms with Gasteiger partial charge in [0.1, 0.15) is 10.8 Å². The molecule has 0 unspecified atom stereocenters. The summed E-state index contributed by atoms with van der Waals surface area (Å²) in [6.07, 6.45) is 1.67. The maximum Gasteiger partial charge on any atom is 0.243 e. The quantitative estimate of drug-likeness (QED) is 0.407. The highest BCUT2D eigenvalue weighted by Gasteiger charge is 2.14. The van der Waals surface area contributed by atoms with Crippen LogP contribution < -0.4 is 15.0 Å². The minimum absolute atomic E-state index is 0.462. The maximum absolute atomic E-state index is 5.45. The zero-order valence-corrected chi connectivity index (χ0v) is 19.8. The van der Waals surface area contributed by atoms with E-state index in [1.807, 2.05) is 18.2 Å². The summed E-state index contributed by atoms with van der Waals surface area (Å²) in [4.78, 5) is 11.6. The van der Waals surface area contributed by atoms with Gasteiger partial charge in [-0.3, -0.25) is 0 Å². The normalized spacial score (nSPS) is 14.0. The van der Waals surface area contributed by atoms with Gasteiger partial charge in [-0.25, -0.2) is 9.97 Å². The summed E-state index contributed by atoms with van der Waals surface area (Å²) >= 11 is 5.32. The molecule has 0 amide bonds. The van der Waals surface area contributed by atoms with Crippen molar-refractivity contribution in [1.82, 2.24) is 20.2 Å². The molecule has 1 N–H and O–H groups in total. The van der Waals surface area contributed by atoms with Crippen molar-refractivity contribution < 1.29 is 9.47 Å². The molecular weight excluding hydrogens is 492 g/mol. The summed E-state index contributed by atoms with van der Waals surface area (Å²) in [5.74, 6) is 1.26. The van der Waals surface area contributed by atoms with Gasteiger partial charge in [-0.2, -0.15) is 5.10 Å². The molecule has 2 aromatic carbocycles. The van der Waals surface area contributed by atoms with Crippen LogP contribution in [0.15, 0.2) is 47.1 Å². The number of aromatic nitrogens is 4. The maximum atomic E-state index is 5.45. The van der Waals surface area contributed by atoms with Gasteiger partial charge < -0.3 is 19.7 Å². The molecule has 3 heterocycles. The molecule has 1 aliphatic rings. The van der Waals surface area contributed by atoms with Gasteiger partial charge in [0.25, 0.3) is 0 Å². The van der Waals surface area contributed by atoms with Gasteiger partial charge >= 0.3 is 0 Å². The average molecular weight is 513 g/mol. The van der Waals surface area contributed by atoms with E-state index >= 15 is 0 Å². The number of hydrogen-bond donors (Lipinski definition) is 1. The third-order valence-corrected chi connectivity index (χ3v) is 6.89. The molecule has 164 valence electrons. The van der Waals surface area contributed by atoms with Crippen LogP contribution in [0.2, 0.25) is 0 Å². The number of morpholine rings is 1. The number of fused-ring (bicyclic) bond motifs is 1. The van der Waals surface area contributed by atoms with Crippen molar-refractivity contribution in [2.45, 2.75) is 6.54 Å². The monoisotopic (exact) mass is 512 g/mol. The Morgan fingerprint density at radius 3 is 2.84 bits per heavy atom. The number of ether oxygens (including phenoxy) is 2. The number of nitrogens with zero attached hydrogens (tertiary/aromatic N) is 5. The molecule has 0 atom stereocenters. The number of thiazole rings is 1. The number of halogens is 1. The molecule has 1 saturated heterocycles. The molecule has 0 saturated carbocycles. The fourth-order valence-electron chi connectivity index (χ4n) is 3.55. The van der Waals surface area contributed by atoms with E-state index in [9.17, 15) is 0 Å². The van der Waals surface area contributed by atoms with Crippen LogP contribution in [-0.4, -0.2) is 53.6 Å². The number of anilines is 2. The van der Waals surface area contributed by atoms with Crippen LogP contribution in [0, 0.1) is 0 Å². The molecular formula is C22H21BrN6O2S. The predicted molar refractivity (Wildman–Crippen MR) is 129 cm³/mol. The molecule has 0 spiro atoms. The van der Waals surface area contributed by atoms with Gasteiger partial charge in [-0.05, 0) is 30.3 Å². The van der Waals surface area contributed by atoms with Crippen LogP contribution in [0.3, 0.4) is 0 Å². The lowest BCUT2D eigenvalue weighted by Gasteiger charge is -2.29. The van der Waals surface area contributed by atoms with Crippen LogP contribution in [0.4, 0.5) is 11.6 Å². The predicted octanol–water partition coefficient (Wildman–Crippen LogP) is 4.37. The van der Waals surface area contributed by atoms with Crippen molar-refractivity contribution in [3.05, 3.63) is 52.1 Å². The molecule has 4 aromatic rings. The number of nitrogens with one attached hydrogen (secondary N) is 1. The van der Waals surface area contributed by atoms with Crippen molar-refractivity contribution >= 4 is 49.1 Å². The van der Waals surface area contributed by atoms with Gasteiger partial charge in [-0.1, -0.05) is 15.9 Å². The molecule has 1 aliphatic heterocycles. The average Bonchev–Trinajstić information content (AvgIpc) is 3.25. The van der Waals surface area contributed by atoms with Gasteiger partial charge in [0.15, 0.2) is 0 Å². The zero-order chi connectivity index (χ0) is 21.9. The Bertz CT molecular complexity index is 1240. The van der Waals surface area contributed by atoms with E-state index in [0.717, 1.165) is 68.7 Å². The van der Waals surface area contributed by atoms with E-state index in [1.165, 1.54) is 0 Å². The van der Waals surface area contributed by atoms with Gasteiger partial charge in [-0.15, -0.1) is 16.4 Å². The van der Waals surface area contributed by atoms with Crippen molar-refractivity contribution in [3.8, 4) is 17.0 Å². The van der Waals surface area contributed by atoms with Crippen molar-refractivity contribution in [2.24, 2.45) is 0 Å². The smallest absolute Gasteiger partial charge is 0.243 e. The van der Waals surface area contributed by atoms with Crippen LogP contribution in [0.1, 0.15) is 5.01 Å².